The minimum absolute atomic E-state index is 0.103. The van der Waals surface area contributed by atoms with Gasteiger partial charge >= 0.3 is 0 Å². The van der Waals surface area contributed by atoms with E-state index in [0.717, 1.165) is 5.56 Å². The number of allylic oxidation sites excluding steroid dienone is 1. The molecule has 5 heteroatoms. The summed E-state index contributed by atoms with van der Waals surface area (Å²) in [6.07, 6.45) is 3.21. The number of methoxy groups -OCH3 is 1. The van der Waals surface area contributed by atoms with Crippen LogP contribution in [0.5, 0.6) is 17.2 Å². The van der Waals surface area contributed by atoms with Crippen LogP contribution in [0, 0.1) is 3.57 Å². The van der Waals surface area contributed by atoms with Gasteiger partial charge in [0.05, 0.1) is 17.3 Å². The average molecular weight is 424 g/mol. The lowest BCUT2D eigenvalue weighted by Crippen LogP contribution is -1.95. The fourth-order valence-electron chi connectivity index (χ4n) is 1.98. The van der Waals surface area contributed by atoms with Gasteiger partial charge in [0.25, 0.3) is 0 Å². The third kappa shape index (κ3) is 4.48. The largest absolute Gasteiger partial charge is 0.504 e. The molecule has 120 valence electrons. The monoisotopic (exact) mass is 424 g/mol. The summed E-state index contributed by atoms with van der Waals surface area (Å²) in [4.78, 5) is 12.2. The lowest BCUT2D eigenvalue weighted by molar-refractivity contribution is 0.104. The summed E-state index contributed by atoms with van der Waals surface area (Å²) in [5, 5.41) is 9.92. The van der Waals surface area contributed by atoms with Gasteiger partial charge in [-0.25, -0.2) is 0 Å². The first kappa shape index (κ1) is 17.3. The molecule has 0 saturated carbocycles. The number of carbonyl (C=O) groups excluding carboxylic acids is 1. The van der Waals surface area contributed by atoms with Crippen LogP contribution < -0.4 is 9.47 Å². The van der Waals surface area contributed by atoms with Gasteiger partial charge in [-0.05, 0) is 77.6 Å². The summed E-state index contributed by atoms with van der Waals surface area (Å²) in [6.45, 7) is 2.31. The summed E-state index contributed by atoms with van der Waals surface area (Å²) in [6, 6.07) is 10.4. The van der Waals surface area contributed by atoms with Crippen molar-refractivity contribution in [1.29, 1.82) is 0 Å². The Bertz CT molecular complexity index is 721. The highest BCUT2D eigenvalue weighted by molar-refractivity contribution is 14.1. The van der Waals surface area contributed by atoms with Gasteiger partial charge in [-0.15, -0.1) is 0 Å². The molecular weight excluding hydrogens is 407 g/mol. The minimum Gasteiger partial charge on any atom is -0.504 e. The molecular formula is C18H17IO4. The molecule has 0 aliphatic carbocycles. The second-order valence-corrected chi connectivity index (χ2v) is 5.87. The van der Waals surface area contributed by atoms with Gasteiger partial charge < -0.3 is 14.6 Å². The van der Waals surface area contributed by atoms with Crippen molar-refractivity contribution in [3.63, 3.8) is 0 Å². The van der Waals surface area contributed by atoms with Gasteiger partial charge in [-0.1, -0.05) is 6.08 Å². The molecule has 0 aliphatic heterocycles. The number of carbonyl (C=O) groups is 1. The third-order valence-electron chi connectivity index (χ3n) is 3.15. The molecule has 0 saturated heterocycles. The summed E-state index contributed by atoms with van der Waals surface area (Å²) < 4.78 is 11.1. The Morgan fingerprint density at radius 3 is 2.57 bits per heavy atom. The van der Waals surface area contributed by atoms with Crippen molar-refractivity contribution in [2.24, 2.45) is 0 Å². The number of hydrogen-bond donors (Lipinski definition) is 1. The van der Waals surface area contributed by atoms with Gasteiger partial charge in [0, 0.05) is 5.56 Å². The number of phenols is 1. The minimum atomic E-state index is -0.103. The molecule has 23 heavy (non-hydrogen) atoms. The molecule has 0 spiro atoms. The molecule has 0 unspecified atom stereocenters. The Hall–Kier alpha value is -2.02. The van der Waals surface area contributed by atoms with Crippen LogP contribution in [-0.2, 0) is 0 Å². The van der Waals surface area contributed by atoms with E-state index in [9.17, 15) is 9.90 Å². The summed E-state index contributed by atoms with van der Waals surface area (Å²) >= 11 is 2.03. The maximum Gasteiger partial charge on any atom is 0.185 e. The molecule has 0 bridgehead atoms. The Balaban J connectivity index is 2.20. The van der Waals surface area contributed by atoms with Crippen molar-refractivity contribution in [1.82, 2.24) is 0 Å². The van der Waals surface area contributed by atoms with E-state index in [1.165, 1.54) is 6.08 Å². The van der Waals surface area contributed by atoms with Crippen LogP contribution in [-0.4, -0.2) is 24.6 Å². The van der Waals surface area contributed by atoms with Crippen LogP contribution in [0.25, 0.3) is 6.08 Å². The van der Waals surface area contributed by atoms with Crippen LogP contribution in [0.15, 0.2) is 42.5 Å². The molecule has 0 amide bonds. The SMILES string of the molecule is CCOc1cc(/C=C/C(=O)c2ccc(OC)cc2)cc(I)c1O. The maximum absolute atomic E-state index is 12.2. The van der Waals surface area contributed by atoms with Crippen molar-refractivity contribution in [2.45, 2.75) is 6.92 Å². The fourth-order valence-corrected chi connectivity index (χ4v) is 2.60. The highest BCUT2D eigenvalue weighted by Gasteiger charge is 2.08. The number of phenolic OH excluding ortho intramolecular Hbond substituents is 1. The standard InChI is InChI=1S/C18H17IO4/c1-3-23-17-11-12(10-15(19)18(17)21)4-9-16(20)13-5-7-14(22-2)8-6-13/h4-11,21H,3H2,1-2H3/b9-4+. The van der Waals surface area contributed by atoms with Gasteiger partial charge in [0.1, 0.15) is 5.75 Å². The van der Waals surface area contributed by atoms with Crippen molar-refractivity contribution in [2.75, 3.05) is 13.7 Å². The molecule has 0 atom stereocenters. The van der Waals surface area contributed by atoms with E-state index in [0.29, 0.717) is 27.2 Å². The highest BCUT2D eigenvalue weighted by atomic mass is 127. The molecule has 0 radical (unpaired) electrons. The smallest absolute Gasteiger partial charge is 0.185 e. The number of aromatic hydroxyl groups is 1. The quantitative estimate of drug-likeness (QED) is 0.427. The maximum atomic E-state index is 12.2. The van der Waals surface area contributed by atoms with Crippen LogP contribution in [0.4, 0.5) is 0 Å². The first-order chi connectivity index (χ1) is 11.0. The molecule has 0 aliphatic rings. The molecule has 4 nitrogen and oxygen atoms in total. The zero-order chi connectivity index (χ0) is 16.8. The molecule has 0 fully saturated rings. The summed E-state index contributed by atoms with van der Waals surface area (Å²) in [5.74, 6) is 1.13. The fraction of sp³-hybridized carbons (Fsp3) is 0.167. The second-order valence-electron chi connectivity index (χ2n) is 4.71. The second kappa shape index (κ2) is 8.01. The van der Waals surface area contributed by atoms with E-state index >= 15 is 0 Å². The van der Waals surface area contributed by atoms with E-state index in [-0.39, 0.29) is 11.5 Å². The Morgan fingerprint density at radius 1 is 1.26 bits per heavy atom. The molecule has 1 N–H and O–H groups in total. The normalized spacial score (nSPS) is 10.7. The van der Waals surface area contributed by atoms with Crippen molar-refractivity contribution < 1.29 is 19.4 Å². The van der Waals surface area contributed by atoms with Crippen molar-refractivity contribution >= 4 is 34.5 Å². The molecule has 0 heterocycles. The predicted octanol–water partition coefficient (Wildman–Crippen LogP) is 4.30. The Kier molecular flexibility index (Phi) is 6.04. The average Bonchev–Trinajstić information content (AvgIpc) is 2.57. The topological polar surface area (TPSA) is 55.8 Å². The van der Waals surface area contributed by atoms with E-state index in [1.807, 2.05) is 29.5 Å². The Labute approximate surface area is 148 Å². The van der Waals surface area contributed by atoms with Crippen LogP contribution in [0.3, 0.4) is 0 Å². The predicted molar refractivity (Wildman–Crippen MR) is 98.4 cm³/mol. The number of rotatable bonds is 6. The van der Waals surface area contributed by atoms with Crippen LogP contribution in [0.1, 0.15) is 22.8 Å². The summed E-state index contributed by atoms with van der Waals surface area (Å²) in [7, 11) is 1.58. The highest BCUT2D eigenvalue weighted by Crippen LogP contribution is 2.33. The first-order valence-electron chi connectivity index (χ1n) is 7.07. The number of ketones is 1. The van der Waals surface area contributed by atoms with E-state index in [1.54, 1.807) is 49.6 Å². The number of hydrogen-bond acceptors (Lipinski definition) is 4. The molecule has 0 aromatic heterocycles. The summed E-state index contributed by atoms with van der Waals surface area (Å²) in [5.41, 5.74) is 1.37. The van der Waals surface area contributed by atoms with Crippen LogP contribution in [0.2, 0.25) is 0 Å². The van der Waals surface area contributed by atoms with Crippen molar-refractivity contribution in [3.05, 3.63) is 57.2 Å². The number of benzene rings is 2. The zero-order valence-electron chi connectivity index (χ0n) is 12.9. The Morgan fingerprint density at radius 2 is 1.96 bits per heavy atom. The van der Waals surface area contributed by atoms with Crippen molar-refractivity contribution in [3.8, 4) is 17.2 Å². The lowest BCUT2D eigenvalue weighted by Gasteiger charge is -2.08. The molecule has 2 aromatic rings. The lowest BCUT2D eigenvalue weighted by atomic mass is 10.1. The number of ether oxygens (including phenoxy) is 2. The van der Waals surface area contributed by atoms with Gasteiger partial charge in [0.15, 0.2) is 17.3 Å². The van der Waals surface area contributed by atoms with E-state index < -0.39 is 0 Å². The molecule has 2 rings (SSSR count). The first-order valence-corrected chi connectivity index (χ1v) is 8.14. The third-order valence-corrected chi connectivity index (χ3v) is 3.97. The van der Waals surface area contributed by atoms with Gasteiger partial charge in [0.2, 0.25) is 0 Å². The van der Waals surface area contributed by atoms with E-state index in [4.69, 9.17) is 9.47 Å². The van der Waals surface area contributed by atoms with Crippen LogP contribution >= 0.6 is 22.6 Å². The van der Waals surface area contributed by atoms with Gasteiger partial charge in [-0.3, -0.25) is 4.79 Å². The van der Waals surface area contributed by atoms with E-state index in [2.05, 4.69) is 0 Å². The zero-order valence-corrected chi connectivity index (χ0v) is 15.0. The number of halogens is 1. The molecule has 2 aromatic carbocycles. The van der Waals surface area contributed by atoms with Gasteiger partial charge in [-0.2, -0.15) is 0 Å².